The lowest BCUT2D eigenvalue weighted by Crippen LogP contribution is -2.41. The molecule has 0 aliphatic heterocycles. The van der Waals surface area contributed by atoms with Crippen LogP contribution in [-0.4, -0.2) is 44.5 Å². The average Bonchev–Trinajstić information content (AvgIpc) is 2.63. The number of carbonyl (C=O) groups is 1. The zero-order valence-corrected chi connectivity index (χ0v) is 18.7. The number of carbonyl (C=O) groups excluding carboxylic acids is 1. The summed E-state index contributed by atoms with van der Waals surface area (Å²) in [5.41, 5.74) is 1.84. The first kappa shape index (κ1) is 22.7. The molecule has 0 bridgehead atoms. The number of halogens is 1. The standard InChI is InChI=1S/C20H32N4O.HI/c1-15-7-5-6-8-18(15)14-23-20(21-2)22-13-16-9-11-17(12-10-16)19(25)24(3)4;/h9-12,15,18H,5-8,13-14H2,1-4H3,(H2,21,22,23);1H. The number of benzene rings is 1. The Hall–Kier alpha value is -1.31. The average molecular weight is 472 g/mol. The summed E-state index contributed by atoms with van der Waals surface area (Å²) in [6, 6.07) is 7.72. The minimum absolute atomic E-state index is 0. The smallest absolute Gasteiger partial charge is 0.253 e. The van der Waals surface area contributed by atoms with Crippen LogP contribution in [0.1, 0.15) is 48.5 Å². The Kier molecular flexibility index (Phi) is 9.98. The van der Waals surface area contributed by atoms with Crippen LogP contribution in [0.5, 0.6) is 0 Å². The van der Waals surface area contributed by atoms with E-state index in [1.54, 1.807) is 26.0 Å². The highest BCUT2D eigenvalue weighted by atomic mass is 127. The number of aliphatic imine (C=N–C) groups is 1. The van der Waals surface area contributed by atoms with Gasteiger partial charge in [0, 0.05) is 39.8 Å². The summed E-state index contributed by atoms with van der Waals surface area (Å²) >= 11 is 0. The molecule has 6 heteroatoms. The van der Waals surface area contributed by atoms with Gasteiger partial charge in [-0.25, -0.2) is 0 Å². The number of hydrogen-bond acceptors (Lipinski definition) is 2. The summed E-state index contributed by atoms with van der Waals surface area (Å²) in [4.78, 5) is 17.8. The van der Waals surface area contributed by atoms with E-state index in [1.807, 2.05) is 24.3 Å². The van der Waals surface area contributed by atoms with Crippen LogP contribution in [0.4, 0.5) is 0 Å². The van der Waals surface area contributed by atoms with Gasteiger partial charge in [0.1, 0.15) is 0 Å². The maximum Gasteiger partial charge on any atom is 0.253 e. The maximum absolute atomic E-state index is 11.9. The van der Waals surface area contributed by atoms with Gasteiger partial charge in [-0.2, -0.15) is 0 Å². The Morgan fingerprint density at radius 2 is 1.81 bits per heavy atom. The number of guanidine groups is 1. The molecular weight excluding hydrogens is 439 g/mol. The van der Waals surface area contributed by atoms with Crippen LogP contribution >= 0.6 is 24.0 Å². The van der Waals surface area contributed by atoms with E-state index >= 15 is 0 Å². The fraction of sp³-hybridized carbons (Fsp3) is 0.600. The van der Waals surface area contributed by atoms with E-state index in [9.17, 15) is 4.79 Å². The Labute approximate surface area is 175 Å². The Morgan fingerprint density at radius 1 is 1.15 bits per heavy atom. The third-order valence-electron chi connectivity index (χ3n) is 5.11. The van der Waals surface area contributed by atoms with Crippen molar-refractivity contribution >= 4 is 35.8 Å². The molecule has 1 aromatic carbocycles. The number of amides is 1. The van der Waals surface area contributed by atoms with Crippen LogP contribution in [-0.2, 0) is 6.54 Å². The molecule has 2 unspecified atom stereocenters. The fourth-order valence-corrected chi connectivity index (χ4v) is 3.35. The summed E-state index contributed by atoms with van der Waals surface area (Å²) < 4.78 is 0. The van der Waals surface area contributed by atoms with Gasteiger partial charge >= 0.3 is 0 Å². The van der Waals surface area contributed by atoms with Crippen LogP contribution in [0, 0.1) is 11.8 Å². The number of nitrogens with zero attached hydrogens (tertiary/aromatic N) is 2. The topological polar surface area (TPSA) is 56.7 Å². The van der Waals surface area contributed by atoms with Crippen LogP contribution in [0.2, 0.25) is 0 Å². The van der Waals surface area contributed by atoms with Crippen molar-refractivity contribution in [1.82, 2.24) is 15.5 Å². The Morgan fingerprint density at radius 3 is 2.38 bits per heavy atom. The second kappa shape index (κ2) is 11.4. The van der Waals surface area contributed by atoms with Crippen LogP contribution in [0.25, 0.3) is 0 Å². The van der Waals surface area contributed by atoms with Crippen molar-refractivity contribution in [1.29, 1.82) is 0 Å². The third kappa shape index (κ3) is 6.78. The molecule has 0 radical (unpaired) electrons. The van der Waals surface area contributed by atoms with Crippen LogP contribution in [0.3, 0.4) is 0 Å². The number of hydrogen-bond donors (Lipinski definition) is 2. The molecular formula is C20H33IN4O. The summed E-state index contributed by atoms with van der Waals surface area (Å²) in [5.74, 6) is 2.40. The number of nitrogens with one attached hydrogen (secondary N) is 2. The minimum atomic E-state index is 0. The summed E-state index contributed by atoms with van der Waals surface area (Å²) in [5, 5.41) is 6.82. The minimum Gasteiger partial charge on any atom is -0.356 e. The molecule has 0 aromatic heterocycles. The Balaban J connectivity index is 0.00000338. The van der Waals surface area contributed by atoms with Crippen molar-refractivity contribution in [2.45, 2.75) is 39.2 Å². The first-order chi connectivity index (χ1) is 12.0. The highest BCUT2D eigenvalue weighted by Gasteiger charge is 2.21. The van der Waals surface area contributed by atoms with Gasteiger partial charge < -0.3 is 15.5 Å². The predicted molar refractivity (Wildman–Crippen MR) is 119 cm³/mol. The molecule has 5 nitrogen and oxygen atoms in total. The molecule has 1 aromatic rings. The second-order valence-electron chi connectivity index (χ2n) is 7.22. The van der Waals surface area contributed by atoms with Crippen molar-refractivity contribution < 1.29 is 4.79 Å². The fourth-order valence-electron chi connectivity index (χ4n) is 3.35. The molecule has 1 aliphatic rings. The molecule has 0 heterocycles. The van der Waals surface area contributed by atoms with Gasteiger partial charge in [-0.3, -0.25) is 9.79 Å². The molecule has 1 aliphatic carbocycles. The van der Waals surface area contributed by atoms with Crippen molar-refractivity contribution in [3.05, 3.63) is 35.4 Å². The van der Waals surface area contributed by atoms with Crippen LogP contribution in [0.15, 0.2) is 29.3 Å². The monoisotopic (exact) mass is 472 g/mol. The van der Waals surface area contributed by atoms with E-state index in [2.05, 4.69) is 22.5 Å². The van der Waals surface area contributed by atoms with Gasteiger partial charge in [0.05, 0.1) is 0 Å². The zero-order valence-electron chi connectivity index (χ0n) is 16.4. The molecule has 146 valence electrons. The molecule has 0 spiro atoms. The molecule has 1 amide bonds. The lowest BCUT2D eigenvalue weighted by molar-refractivity contribution is 0.0827. The van der Waals surface area contributed by atoms with Gasteiger partial charge in [-0.05, 0) is 36.0 Å². The highest BCUT2D eigenvalue weighted by molar-refractivity contribution is 14.0. The first-order valence-electron chi connectivity index (χ1n) is 9.26. The Bertz CT molecular complexity index is 586. The number of rotatable bonds is 5. The molecule has 2 rings (SSSR count). The maximum atomic E-state index is 11.9. The van der Waals surface area contributed by atoms with Gasteiger partial charge in [-0.1, -0.05) is 38.3 Å². The molecule has 1 saturated carbocycles. The molecule has 26 heavy (non-hydrogen) atoms. The first-order valence-corrected chi connectivity index (χ1v) is 9.26. The van der Waals surface area contributed by atoms with Gasteiger partial charge in [-0.15, -0.1) is 24.0 Å². The lowest BCUT2D eigenvalue weighted by atomic mass is 9.80. The molecule has 1 fully saturated rings. The quantitative estimate of drug-likeness (QED) is 0.392. The molecule has 0 saturated heterocycles. The van der Waals surface area contributed by atoms with Crippen molar-refractivity contribution in [2.24, 2.45) is 16.8 Å². The van der Waals surface area contributed by atoms with E-state index < -0.39 is 0 Å². The normalized spacial score (nSPS) is 20.1. The van der Waals surface area contributed by atoms with Gasteiger partial charge in [0.2, 0.25) is 0 Å². The van der Waals surface area contributed by atoms with E-state index in [0.29, 0.717) is 12.1 Å². The van der Waals surface area contributed by atoms with E-state index in [-0.39, 0.29) is 29.9 Å². The zero-order chi connectivity index (χ0) is 18.2. The lowest BCUT2D eigenvalue weighted by Gasteiger charge is -2.29. The summed E-state index contributed by atoms with van der Waals surface area (Å²) in [6.07, 6.45) is 5.38. The largest absolute Gasteiger partial charge is 0.356 e. The SMILES string of the molecule is CN=C(NCc1ccc(C(=O)N(C)C)cc1)NCC1CCCCC1C.I. The third-order valence-corrected chi connectivity index (χ3v) is 5.11. The second-order valence-corrected chi connectivity index (χ2v) is 7.22. The highest BCUT2D eigenvalue weighted by Crippen LogP contribution is 2.28. The summed E-state index contributed by atoms with van der Waals surface area (Å²) in [7, 11) is 5.33. The molecule has 2 N–H and O–H groups in total. The van der Waals surface area contributed by atoms with E-state index in [4.69, 9.17) is 0 Å². The summed E-state index contributed by atoms with van der Waals surface area (Å²) in [6.45, 7) is 4.03. The van der Waals surface area contributed by atoms with Crippen molar-refractivity contribution in [3.8, 4) is 0 Å². The van der Waals surface area contributed by atoms with Crippen molar-refractivity contribution in [3.63, 3.8) is 0 Å². The van der Waals surface area contributed by atoms with E-state index in [1.165, 1.54) is 25.7 Å². The predicted octanol–water partition coefficient (Wildman–Crippen LogP) is 3.50. The van der Waals surface area contributed by atoms with Crippen molar-refractivity contribution in [2.75, 3.05) is 27.7 Å². The van der Waals surface area contributed by atoms with Gasteiger partial charge in [0.25, 0.3) is 5.91 Å². The van der Waals surface area contributed by atoms with E-state index in [0.717, 1.165) is 29.9 Å². The van der Waals surface area contributed by atoms with Crippen LogP contribution < -0.4 is 10.6 Å². The van der Waals surface area contributed by atoms with Gasteiger partial charge in [0.15, 0.2) is 5.96 Å². The molecule has 2 atom stereocenters.